The molecule has 1 saturated carbocycles. The van der Waals surface area contributed by atoms with E-state index in [1.807, 2.05) is 39.1 Å². The fourth-order valence-electron chi connectivity index (χ4n) is 3.78. The molecule has 1 saturated heterocycles. The minimum atomic E-state index is -1.38. The second-order valence-electron chi connectivity index (χ2n) is 7.31. The molecule has 0 amide bonds. The molecule has 0 radical (unpaired) electrons. The lowest BCUT2D eigenvalue weighted by molar-refractivity contribution is -0.178. The monoisotopic (exact) mass is 365 g/mol. The van der Waals surface area contributed by atoms with E-state index in [1.54, 1.807) is 0 Å². The summed E-state index contributed by atoms with van der Waals surface area (Å²) < 4.78 is 5.70. The van der Waals surface area contributed by atoms with Crippen LogP contribution in [0.4, 0.5) is 0 Å². The van der Waals surface area contributed by atoms with Crippen molar-refractivity contribution in [2.45, 2.75) is 83.8 Å². The molecule has 4 nitrogen and oxygen atoms in total. The number of hydrogen-bond donors (Lipinski definition) is 1. The topological polar surface area (TPSA) is 49.8 Å². The molecule has 1 N–H and O–H groups in total. The van der Waals surface area contributed by atoms with Crippen LogP contribution >= 0.6 is 0 Å². The van der Waals surface area contributed by atoms with Gasteiger partial charge in [-0.2, -0.15) is 0 Å². The highest BCUT2D eigenvalue weighted by molar-refractivity contribution is 5.80. The number of rotatable bonds is 7. The number of carbonyl (C=O) groups is 1. The van der Waals surface area contributed by atoms with Gasteiger partial charge in [-0.3, -0.25) is 0 Å². The maximum Gasteiger partial charge on any atom is 0.339 e. The SMILES string of the molecule is CC.CC/C=C\C=C/CC(O)(C(=O)OC1CCN(C)C1)C1CCCCC1. The second-order valence-corrected chi connectivity index (χ2v) is 7.31. The molecule has 1 aliphatic carbocycles. The number of likely N-dealkylation sites (N-methyl/N-ethyl adjacent to an activating group) is 1. The number of nitrogens with zero attached hydrogens (tertiary/aromatic N) is 1. The van der Waals surface area contributed by atoms with Crippen LogP contribution in [-0.4, -0.2) is 47.8 Å². The molecule has 2 rings (SSSR count). The number of esters is 1. The zero-order valence-corrected chi connectivity index (χ0v) is 17.2. The summed E-state index contributed by atoms with van der Waals surface area (Å²) in [6.07, 6.45) is 15.2. The fourth-order valence-corrected chi connectivity index (χ4v) is 3.78. The highest BCUT2D eigenvalue weighted by Crippen LogP contribution is 2.36. The van der Waals surface area contributed by atoms with Crippen molar-refractivity contribution in [1.29, 1.82) is 0 Å². The van der Waals surface area contributed by atoms with Gasteiger partial charge in [-0.25, -0.2) is 4.79 Å². The summed E-state index contributed by atoms with van der Waals surface area (Å²) in [6, 6.07) is 0. The Morgan fingerprint density at radius 2 is 1.81 bits per heavy atom. The smallest absolute Gasteiger partial charge is 0.339 e. The summed E-state index contributed by atoms with van der Waals surface area (Å²) in [5.41, 5.74) is -1.38. The van der Waals surface area contributed by atoms with Gasteiger partial charge in [0, 0.05) is 19.5 Å². The maximum atomic E-state index is 12.8. The molecule has 26 heavy (non-hydrogen) atoms. The number of ether oxygens (including phenoxy) is 1. The highest BCUT2D eigenvalue weighted by atomic mass is 16.6. The molecule has 0 aromatic carbocycles. The van der Waals surface area contributed by atoms with E-state index in [2.05, 4.69) is 17.9 Å². The molecule has 2 aliphatic rings. The number of likely N-dealkylation sites (tertiary alicyclic amines) is 1. The molecule has 2 fully saturated rings. The van der Waals surface area contributed by atoms with Crippen molar-refractivity contribution in [3.8, 4) is 0 Å². The van der Waals surface area contributed by atoms with E-state index in [0.29, 0.717) is 6.42 Å². The van der Waals surface area contributed by atoms with E-state index in [-0.39, 0.29) is 12.0 Å². The predicted molar refractivity (Wildman–Crippen MR) is 108 cm³/mol. The zero-order valence-electron chi connectivity index (χ0n) is 17.2. The lowest BCUT2D eigenvalue weighted by Gasteiger charge is -2.36. The van der Waals surface area contributed by atoms with Gasteiger partial charge < -0.3 is 14.7 Å². The van der Waals surface area contributed by atoms with E-state index >= 15 is 0 Å². The van der Waals surface area contributed by atoms with Crippen LogP contribution in [0.15, 0.2) is 24.3 Å². The number of carbonyl (C=O) groups excluding carboxylic acids is 1. The summed E-state index contributed by atoms with van der Waals surface area (Å²) in [7, 11) is 2.03. The Labute approximate surface area is 160 Å². The van der Waals surface area contributed by atoms with Gasteiger partial charge in [-0.1, -0.05) is 64.3 Å². The third-order valence-electron chi connectivity index (χ3n) is 5.30. The van der Waals surface area contributed by atoms with Crippen LogP contribution in [0.25, 0.3) is 0 Å². The quantitative estimate of drug-likeness (QED) is 0.534. The minimum absolute atomic E-state index is 0.0117. The first kappa shape index (κ1) is 22.9. The zero-order chi connectivity index (χ0) is 19.4. The van der Waals surface area contributed by atoms with E-state index in [1.165, 1.54) is 6.42 Å². The molecule has 4 heteroatoms. The Morgan fingerprint density at radius 3 is 2.38 bits per heavy atom. The normalized spacial score (nSPS) is 24.4. The van der Waals surface area contributed by atoms with Crippen molar-refractivity contribution in [2.75, 3.05) is 20.1 Å². The van der Waals surface area contributed by atoms with Crippen LogP contribution in [0.5, 0.6) is 0 Å². The van der Waals surface area contributed by atoms with E-state index < -0.39 is 11.6 Å². The van der Waals surface area contributed by atoms with Crippen LogP contribution in [-0.2, 0) is 9.53 Å². The summed E-state index contributed by atoms with van der Waals surface area (Å²) in [5.74, 6) is -0.406. The molecule has 0 aromatic rings. The van der Waals surface area contributed by atoms with Gasteiger partial charge in [0.1, 0.15) is 6.10 Å². The van der Waals surface area contributed by atoms with Crippen molar-refractivity contribution in [2.24, 2.45) is 5.92 Å². The van der Waals surface area contributed by atoms with E-state index in [4.69, 9.17) is 4.74 Å². The fraction of sp³-hybridized carbons (Fsp3) is 0.773. The van der Waals surface area contributed by atoms with Crippen LogP contribution in [0.3, 0.4) is 0 Å². The number of hydrogen-bond acceptors (Lipinski definition) is 4. The highest BCUT2D eigenvalue weighted by Gasteiger charge is 2.45. The lowest BCUT2D eigenvalue weighted by Crippen LogP contribution is -2.48. The minimum Gasteiger partial charge on any atom is -0.459 e. The molecular formula is C22H39NO3. The molecule has 2 atom stereocenters. The number of allylic oxidation sites excluding steroid dienone is 3. The van der Waals surface area contributed by atoms with E-state index in [9.17, 15) is 9.90 Å². The molecule has 1 heterocycles. The lowest BCUT2D eigenvalue weighted by atomic mass is 9.75. The van der Waals surface area contributed by atoms with Crippen LogP contribution in [0.1, 0.15) is 72.1 Å². The van der Waals surface area contributed by atoms with Crippen LogP contribution in [0.2, 0.25) is 0 Å². The Hall–Kier alpha value is -1.13. The molecule has 0 aromatic heterocycles. The van der Waals surface area contributed by atoms with E-state index in [0.717, 1.165) is 51.6 Å². The Kier molecular flexibility index (Phi) is 10.8. The van der Waals surface area contributed by atoms with Crippen molar-refractivity contribution < 1.29 is 14.6 Å². The van der Waals surface area contributed by atoms with Crippen LogP contribution < -0.4 is 0 Å². The standard InChI is InChI=1S/C20H33NO3.C2H6/c1-3-4-5-6-10-14-20(23,17-11-8-7-9-12-17)19(22)24-18-13-15-21(2)16-18;1-2/h4-6,10,17-18,23H,3,7-9,11-16H2,1-2H3;1-2H3/b5-4-,10-6-;. The first-order valence-electron chi connectivity index (χ1n) is 10.5. The summed E-state index contributed by atoms with van der Waals surface area (Å²) in [5, 5.41) is 11.2. The van der Waals surface area contributed by atoms with Gasteiger partial charge in [-0.15, -0.1) is 0 Å². The molecule has 2 unspecified atom stereocenters. The summed E-state index contributed by atoms with van der Waals surface area (Å²) in [6.45, 7) is 7.79. The molecule has 150 valence electrons. The first-order valence-corrected chi connectivity index (χ1v) is 10.5. The van der Waals surface area contributed by atoms with Crippen LogP contribution in [0, 0.1) is 5.92 Å². The van der Waals surface area contributed by atoms with Crippen molar-refractivity contribution in [1.82, 2.24) is 4.90 Å². The van der Waals surface area contributed by atoms with Crippen molar-refractivity contribution in [3.05, 3.63) is 24.3 Å². The molecule has 0 bridgehead atoms. The second kappa shape index (κ2) is 12.3. The van der Waals surface area contributed by atoms with Gasteiger partial charge in [0.05, 0.1) is 0 Å². The number of aliphatic hydroxyl groups is 1. The van der Waals surface area contributed by atoms with Gasteiger partial charge in [0.2, 0.25) is 0 Å². The van der Waals surface area contributed by atoms with Gasteiger partial charge >= 0.3 is 5.97 Å². The van der Waals surface area contributed by atoms with Gasteiger partial charge in [-0.05, 0) is 38.6 Å². The average Bonchev–Trinajstić information content (AvgIpc) is 3.08. The molecule has 1 aliphatic heterocycles. The molecule has 0 spiro atoms. The largest absolute Gasteiger partial charge is 0.459 e. The molecular weight excluding hydrogens is 326 g/mol. The Balaban J connectivity index is 0.00000163. The van der Waals surface area contributed by atoms with Crippen molar-refractivity contribution in [3.63, 3.8) is 0 Å². The third kappa shape index (κ3) is 6.88. The van der Waals surface area contributed by atoms with Crippen molar-refractivity contribution >= 4 is 5.97 Å². The van der Waals surface area contributed by atoms with Gasteiger partial charge in [0.15, 0.2) is 5.60 Å². The van der Waals surface area contributed by atoms with Gasteiger partial charge in [0.25, 0.3) is 0 Å². The Bertz CT molecular complexity index is 454. The first-order chi connectivity index (χ1) is 12.6. The summed E-state index contributed by atoms with van der Waals surface area (Å²) in [4.78, 5) is 15.0. The maximum absolute atomic E-state index is 12.8. The summed E-state index contributed by atoms with van der Waals surface area (Å²) >= 11 is 0. The predicted octanol–water partition coefficient (Wildman–Crippen LogP) is 4.48. The average molecular weight is 366 g/mol. The third-order valence-corrected chi connectivity index (χ3v) is 5.30. The Morgan fingerprint density at radius 1 is 1.15 bits per heavy atom.